The molecule has 1 fully saturated rings. The van der Waals surface area contributed by atoms with Gasteiger partial charge in [0.2, 0.25) is 0 Å². The first kappa shape index (κ1) is 19.5. The van der Waals surface area contributed by atoms with Gasteiger partial charge in [0.25, 0.3) is 0 Å². The Hall–Kier alpha value is -0.530. The summed E-state index contributed by atoms with van der Waals surface area (Å²) >= 11 is 6.16. The van der Waals surface area contributed by atoms with E-state index in [0.717, 1.165) is 36.4 Å². The lowest BCUT2D eigenvalue weighted by atomic mass is 10.1. The third-order valence-electron chi connectivity index (χ3n) is 3.92. The van der Waals surface area contributed by atoms with Crippen LogP contribution in [0.25, 0.3) is 0 Å². The van der Waals surface area contributed by atoms with Gasteiger partial charge in [0.1, 0.15) is 0 Å². The molecule has 2 rings (SSSR count). The van der Waals surface area contributed by atoms with Gasteiger partial charge < -0.3 is 15.5 Å². The standard InChI is InChI=1S/C16H25ClN4.HI/c1-18-16(20-11-13-8-10-21(2)12-13)19-9-7-14-5-3-4-6-15(14)17;/h3-6,13H,7-12H2,1-2H3,(H2,18,19,20);1H. The van der Waals surface area contributed by atoms with Gasteiger partial charge in [-0.05, 0) is 44.0 Å². The van der Waals surface area contributed by atoms with Crippen molar-refractivity contribution in [3.63, 3.8) is 0 Å². The minimum absolute atomic E-state index is 0. The van der Waals surface area contributed by atoms with Crippen LogP contribution in [0.2, 0.25) is 5.02 Å². The van der Waals surface area contributed by atoms with Crippen LogP contribution in [0.3, 0.4) is 0 Å². The first-order chi connectivity index (χ1) is 10.2. The quantitative estimate of drug-likeness (QED) is 0.423. The van der Waals surface area contributed by atoms with E-state index in [1.165, 1.54) is 25.1 Å². The first-order valence-corrected chi connectivity index (χ1v) is 7.93. The van der Waals surface area contributed by atoms with Crippen molar-refractivity contribution >= 4 is 41.5 Å². The number of guanidine groups is 1. The Labute approximate surface area is 155 Å². The largest absolute Gasteiger partial charge is 0.356 e. The molecule has 1 aliphatic rings. The molecule has 1 aromatic rings. The molecule has 6 heteroatoms. The average Bonchev–Trinajstić information content (AvgIpc) is 2.90. The lowest BCUT2D eigenvalue weighted by Crippen LogP contribution is -2.41. The molecule has 4 nitrogen and oxygen atoms in total. The van der Waals surface area contributed by atoms with Gasteiger partial charge in [-0.15, -0.1) is 24.0 Å². The van der Waals surface area contributed by atoms with Gasteiger partial charge in [-0.3, -0.25) is 4.99 Å². The highest BCUT2D eigenvalue weighted by Crippen LogP contribution is 2.15. The molecule has 0 saturated carbocycles. The number of aliphatic imine (C=N–C) groups is 1. The van der Waals surface area contributed by atoms with Crippen molar-refractivity contribution in [3.05, 3.63) is 34.9 Å². The molecule has 124 valence electrons. The minimum atomic E-state index is 0. The lowest BCUT2D eigenvalue weighted by molar-refractivity contribution is 0.394. The van der Waals surface area contributed by atoms with Crippen molar-refractivity contribution in [3.8, 4) is 0 Å². The Kier molecular flexibility index (Phi) is 9.12. The van der Waals surface area contributed by atoms with E-state index >= 15 is 0 Å². The Morgan fingerprint density at radius 3 is 2.77 bits per heavy atom. The van der Waals surface area contributed by atoms with Crippen LogP contribution in [0.15, 0.2) is 29.3 Å². The molecule has 1 unspecified atom stereocenters. The van der Waals surface area contributed by atoms with Crippen LogP contribution in [-0.2, 0) is 6.42 Å². The Morgan fingerprint density at radius 1 is 1.36 bits per heavy atom. The Balaban J connectivity index is 0.00000242. The summed E-state index contributed by atoms with van der Waals surface area (Å²) in [6, 6.07) is 7.97. The Bertz CT molecular complexity index is 481. The van der Waals surface area contributed by atoms with Crippen molar-refractivity contribution in [2.24, 2.45) is 10.9 Å². The molecule has 1 aromatic carbocycles. The van der Waals surface area contributed by atoms with Crippen LogP contribution < -0.4 is 10.6 Å². The number of benzene rings is 1. The maximum Gasteiger partial charge on any atom is 0.190 e. The first-order valence-electron chi connectivity index (χ1n) is 7.55. The second-order valence-electron chi connectivity index (χ2n) is 5.64. The van der Waals surface area contributed by atoms with E-state index in [-0.39, 0.29) is 24.0 Å². The SMILES string of the molecule is CN=C(NCCc1ccccc1Cl)NCC1CCN(C)C1.I. The Morgan fingerprint density at radius 2 is 2.14 bits per heavy atom. The third-order valence-corrected chi connectivity index (χ3v) is 4.28. The molecule has 0 spiro atoms. The summed E-state index contributed by atoms with van der Waals surface area (Å²) in [5.74, 6) is 1.59. The molecule has 0 aromatic heterocycles. The van der Waals surface area contributed by atoms with Crippen LogP contribution in [0, 0.1) is 5.92 Å². The lowest BCUT2D eigenvalue weighted by Gasteiger charge is -2.15. The highest BCUT2D eigenvalue weighted by atomic mass is 127. The monoisotopic (exact) mass is 436 g/mol. The summed E-state index contributed by atoms with van der Waals surface area (Å²) in [7, 11) is 3.99. The second kappa shape index (κ2) is 10.3. The van der Waals surface area contributed by atoms with Gasteiger partial charge in [0, 0.05) is 31.7 Å². The van der Waals surface area contributed by atoms with E-state index in [0.29, 0.717) is 0 Å². The van der Waals surface area contributed by atoms with Crippen molar-refractivity contribution in [2.75, 3.05) is 40.3 Å². The van der Waals surface area contributed by atoms with Gasteiger partial charge in [-0.25, -0.2) is 0 Å². The summed E-state index contributed by atoms with van der Waals surface area (Å²) < 4.78 is 0. The molecule has 0 amide bonds. The summed E-state index contributed by atoms with van der Waals surface area (Å²) in [5.41, 5.74) is 1.17. The normalized spacial score (nSPS) is 18.9. The maximum atomic E-state index is 6.16. The highest BCUT2D eigenvalue weighted by Gasteiger charge is 2.19. The molecule has 22 heavy (non-hydrogen) atoms. The summed E-state index contributed by atoms with van der Waals surface area (Å²) in [6.45, 7) is 4.18. The summed E-state index contributed by atoms with van der Waals surface area (Å²) in [5, 5.41) is 7.59. The molecule has 0 radical (unpaired) electrons. The predicted molar refractivity (Wildman–Crippen MR) is 106 cm³/mol. The summed E-state index contributed by atoms with van der Waals surface area (Å²) in [6.07, 6.45) is 2.16. The van der Waals surface area contributed by atoms with Crippen LogP contribution in [-0.4, -0.2) is 51.1 Å². The number of halogens is 2. The van der Waals surface area contributed by atoms with Crippen LogP contribution in [0.4, 0.5) is 0 Å². The molecule has 1 saturated heterocycles. The smallest absolute Gasteiger partial charge is 0.190 e. The van der Waals surface area contributed by atoms with E-state index in [2.05, 4.69) is 33.6 Å². The van der Waals surface area contributed by atoms with Gasteiger partial charge in [0.15, 0.2) is 5.96 Å². The van der Waals surface area contributed by atoms with Gasteiger partial charge >= 0.3 is 0 Å². The fourth-order valence-corrected chi connectivity index (χ4v) is 2.90. The molecular weight excluding hydrogens is 411 g/mol. The van der Waals surface area contributed by atoms with Crippen LogP contribution in [0.5, 0.6) is 0 Å². The average molecular weight is 437 g/mol. The van der Waals surface area contributed by atoms with E-state index in [4.69, 9.17) is 11.6 Å². The van der Waals surface area contributed by atoms with E-state index < -0.39 is 0 Å². The van der Waals surface area contributed by atoms with Crippen molar-refractivity contribution < 1.29 is 0 Å². The molecule has 0 bridgehead atoms. The highest BCUT2D eigenvalue weighted by molar-refractivity contribution is 14.0. The number of rotatable bonds is 5. The van der Waals surface area contributed by atoms with Gasteiger partial charge in [-0.1, -0.05) is 29.8 Å². The van der Waals surface area contributed by atoms with Crippen molar-refractivity contribution in [2.45, 2.75) is 12.8 Å². The number of hydrogen-bond donors (Lipinski definition) is 2. The van der Waals surface area contributed by atoms with E-state index in [9.17, 15) is 0 Å². The van der Waals surface area contributed by atoms with Crippen LogP contribution >= 0.6 is 35.6 Å². The third kappa shape index (κ3) is 6.30. The minimum Gasteiger partial charge on any atom is -0.356 e. The number of hydrogen-bond acceptors (Lipinski definition) is 2. The van der Waals surface area contributed by atoms with Gasteiger partial charge in [-0.2, -0.15) is 0 Å². The molecule has 1 atom stereocenters. The molecule has 0 aliphatic carbocycles. The number of nitrogens with one attached hydrogen (secondary N) is 2. The zero-order valence-corrected chi connectivity index (χ0v) is 16.4. The van der Waals surface area contributed by atoms with E-state index in [1.54, 1.807) is 0 Å². The van der Waals surface area contributed by atoms with Crippen molar-refractivity contribution in [1.82, 2.24) is 15.5 Å². The molecule has 1 heterocycles. The summed E-state index contributed by atoms with van der Waals surface area (Å²) in [4.78, 5) is 6.64. The zero-order chi connectivity index (χ0) is 15.1. The number of likely N-dealkylation sites (tertiary alicyclic amines) is 1. The fraction of sp³-hybridized carbons (Fsp3) is 0.562. The molecular formula is C16H26ClIN4. The molecule has 2 N–H and O–H groups in total. The van der Waals surface area contributed by atoms with E-state index in [1.807, 2.05) is 25.2 Å². The van der Waals surface area contributed by atoms with Crippen LogP contribution in [0.1, 0.15) is 12.0 Å². The molecule has 1 aliphatic heterocycles. The maximum absolute atomic E-state index is 6.16. The topological polar surface area (TPSA) is 39.7 Å². The number of nitrogens with zero attached hydrogens (tertiary/aromatic N) is 2. The van der Waals surface area contributed by atoms with Crippen molar-refractivity contribution in [1.29, 1.82) is 0 Å². The van der Waals surface area contributed by atoms with Gasteiger partial charge in [0.05, 0.1) is 0 Å². The zero-order valence-electron chi connectivity index (χ0n) is 13.3. The second-order valence-corrected chi connectivity index (χ2v) is 6.05. The fourth-order valence-electron chi connectivity index (χ4n) is 2.67. The predicted octanol–water partition coefficient (Wildman–Crippen LogP) is 2.62.